The molecule has 0 saturated carbocycles. The quantitative estimate of drug-likeness (QED) is 0.579. The van der Waals surface area contributed by atoms with Gasteiger partial charge in [0.15, 0.2) is 0 Å². The maximum Gasteiger partial charge on any atom is 0.256 e. The van der Waals surface area contributed by atoms with Crippen LogP contribution in [0.4, 0.5) is 5.69 Å². The van der Waals surface area contributed by atoms with Crippen molar-refractivity contribution in [1.82, 2.24) is 4.90 Å². The molecule has 152 valence electrons. The van der Waals surface area contributed by atoms with E-state index in [1.807, 2.05) is 38.1 Å². The summed E-state index contributed by atoms with van der Waals surface area (Å²) >= 11 is 0. The lowest BCUT2D eigenvalue weighted by molar-refractivity contribution is -0.139. The number of nitrogens with zero attached hydrogens (tertiary/aromatic N) is 1. The molecule has 27 heavy (non-hydrogen) atoms. The fraction of sp³-hybridized carbons (Fsp3) is 0.682. The Bertz CT molecular complexity index is 547. The fourth-order valence-electron chi connectivity index (χ4n) is 3.61. The number of benzene rings is 1. The second kappa shape index (κ2) is 11.3. The van der Waals surface area contributed by atoms with Gasteiger partial charge < -0.3 is 19.7 Å². The lowest BCUT2D eigenvalue weighted by Gasteiger charge is -2.27. The van der Waals surface area contributed by atoms with Crippen LogP contribution in [-0.2, 0) is 9.53 Å². The van der Waals surface area contributed by atoms with Crippen LogP contribution >= 0.6 is 0 Å². The number of rotatable bonds is 11. The maximum absolute atomic E-state index is 12.6. The van der Waals surface area contributed by atoms with Crippen molar-refractivity contribution in [3.8, 4) is 5.75 Å². The average molecular weight is 377 g/mol. The van der Waals surface area contributed by atoms with Crippen molar-refractivity contribution in [2.75, 3.05) is 38.2 Å². The first kappa shape index (κ1) is 21.7. The highest BCUT2D eigenvalue weighted by atomic mass is 16.5. The summed E-state index contributed by atoms with van der Waals surface area (Å²) in [5, 5.41) is 2.96. The SMILES string of the molecule is CCCC(C)(OCC)C(=O)Nc1ccc(OCCCN2CCCCC2)cc1. The van der Waals surface area contributed by atoms with Gasteiger partial charge in [0.1, 0.15) is 11.4 Å². The third-order valence-corrected chi connectivity index (χ3v) is 5.12. The summed E-state index contributed by atoms with van der Waals surface area (Å²) in [5.41, 5.74) is -0.0182. The van der Waals surface area contributed by atoms with Gasteiger partial charge >= 0.3 is 0 Å². The first-order chi connectivity index (χ1) is 13.1. The van der Waals surface area contributed by atoms with Gasteiger partial charge in [-0.3, -0.25) is 4.79 Å². The second-order valence-electron chi connectivity index (χ2n) is 7.50. The molecule has 1 fully saturated rings. The van der Waals surface area contributed by atoms with Crippen LogP contribution in [0, 0.1) is 0 Å². The smallest absolute Gasteiger partial charge is 0.256 e. The number of carbonyl (C=O) groups is 1. The van der Waals surface area contributed by atoms with Crippen molar-refractivity contribution >= 4 is 11.6 Å². The molecule has 1 heterocycles. The van der Waals surface area contributed by atoms with Crippen LogP contribution in [0.2, 0.25) is 0 Å². The van der Waals surface area contributed by atoms with E-state index in [2.05, 4.69) is 17.1 Å². The molecule has 1 saturated heterocycles. The fourth-order valence-corrected chi connectivity index (χ4v) is 3.61. The number of ether oxygens (including phenoxy) is 2. The molecule has 5 heteroatoms. The molecule has 1 aromatic rings. The van der Waals surface area contributed by atoms with E-state index in [0.717, 1.165) is 37.4 Å². The zero-order valence-corrected chi connectivity index (χ0v) is 17.3. The standard InChI is InChI=1S/C22H36N2O3/c1-4-14-22(3,27-5-2)21(25)23-19-10-12-20(13-11-19)26-18-9-17-24-15-7-6-8-16-24/h10-13H,4-9,14-18H2,1-3H3,(H,23,25). The summed E-state index contributed by atoms with van der Waals surface area (Å²) in [6.45, 7) is 10.6. The monoisotopic (exact) mass is 376 g/mol. The van der Waals surface area contributed by atoms with E-state index in [1.165, 1.54) is 32.4 Å². The van der Waals surface area contributed by atoms with Crippen LogP contribution in [0.1, 0.15) is 59.3 Å². The van der Waals surface area contributed by atoms with Gasteiger partial charge in [0, 0.05) is 18.8 Å². The number of amides is 1. The molecule has 5 nitrogen and oxygen atoms in total. The molecule has 0 bridgehead atoms. The summed E-state index contributed by atoms with van der Waals surface area (Å²) in [6, 6.07) is 7.59. The van der Waals surface area contributed by atoms with E-state index in [9.17, 15) is 4.79 Å². The van der Waals surface area contributed by atoms with Crippen molar-refractivity contribution in [3.63, 3.8) is 0 Å². The minimum absolute atomic E-state index is 0.0959. The summed E-state index contributed by atoms with van der Waals surface area (Å²) in [4.78, 5) is 15.1. The molecule has 1 N–H and O–H groups in total. The Hall–Kier alpha value is -1.59. The molecule has 1 unspecified atom stereocenters. The van der Waals surface area contributed by atoms with E-state index in [-0.39, 0.29) is 5.91 Å². The number of nitrogens with one attached hydrogen (secondary N) is 1. The Labute approximate surface area is 164 Å². The minimum atomic E-state index is -0.785. The number of likely N-dealkylation sites (tertiary alicyclic amines) is 1. The van der Waals surface area contributed by atoms with E-state index in [0.29, 0.717) is 13.0 Å². The third kappa shape index (κ3) is 7.15. The van der Waals surface area contributed by atoms with Gasteiger partial charge in [0.05, 0.1) is 6.61 Å². The molecule has 0 aromatic heterocycles. The van der Waals surface area contributed by atoms with Gasteiger partial charge in [-0.15, -0.1) is 0 Å². The summed E-state index contributed by atoms with van der Waals surface area (Å²) in [5.74, 6) is 0.745. The van der Waals surface area contributed by atoms with Crippen molar-refractivity contribution in [1.29, 1.82) is 0 Å². The Kier molecular flexibility index (Phi) is 9.08. The molecule has 2 rings (SSSR count). The molecule has 0 aliphatic carbocycles. The molecule has 1 aliphatic rings. The third-order valence-electron chi connectivity index (χ3n) is 5.12. The summed E-state index contributed by atoms with van der Waals surface area (Å²) in [7, 11) is 0. The molecule has 1 aliphatic heterocycles. The second-order valence-corrected chi connectivity index (χ2v) is 7.50. The molecule has 1 atom stereocenters. The highest BCUT2D eigenvalue weighted by Gasteiger charge is 2.32. The van der Waals surface area contributed by atoms with Crippen LogP contribution < -0.4 is 10.1 Å². The van der Waals surface area contributed by atoms with Gasteiger partial charge in [0.25, 0.3) is 5.91 Å². The summed E-state index contributed by atoms with van der Waals surface area (Å²) < 4.78 is 11.5. The van der Waals surface area contributed by atoms with E-state index >= 15 is 0 Å². The lowest BCUT2D eigenvalue weighted by atomic mass is 9.99. The predicted molar refractivity (Wildman–Crippen MR) is 110 cm³/mol. The zero-order chi connectivity index (χ0) is 19.5. The van der Waals surface area contributed by atoms with Crippen molar-refractivity contribution in [3.05, 3.63) is 24.3 Å². The molecule has 1 amide bonds. The first-order valence-corrected chi connectivity index (χ1v) is 10.5. The van der Waals surface area contributed by atoms with E-state index in [1.54, 1.807) is 0 Å². The number of anilines is 1. The Morgan fingerprint density at radius 2 is 1.85 bits per heavy atom. The van der Waals surface area contributed by atoms with Crippen molar-refractivity contribution in [2.45, 2.75) is 64.9 Å². The van der Waals surface area contributed by atoms with Gasteiger partial charge in [-0.05, 0) is 76.9 Å². The first-order valence-electron chi connectivity index (χ1n) is 10.5. The van der Waals surface area contributed by atoms with Crippen molar-refractivity contribution in [2.24, 2.45) is 0 Å². The maximum atomic E-state index is 12.6. The molecular formula is C22H36N2O3. The largest absolute Gasteiger partial charge is 0.494 e. The predicted octanol–water partition coefficient (Wildman–Crippen LogP) is 4.48. The highest BCUT2D eigenvalue weighted by molar-refractivity contribution is 5.97. The molecular weight excluding hydrogens is 340 g/mol. The number of piperidine rings is 1. The van der Waals surface area contributed by atoms with Gasteiger partial charge in [-0.1, -0.05) is 19.8 Å². The van der Waals surface area contributed by atoms with Gasteiger partial charge in [-0.2, -0.15) is 0 Å². The number of hydrogen-bond donors (Lipinski definition) is 1. The summed E-state index contributed by atoms with van der Waals surface area (Å²) in [6.07, 6.45) is 6.67. The van der Waals surface area contributed by atoms with Crippen molar-refractivity contribution < 1.29 is 14.3 Å². The van der Waals surface area contributed by atoms with Crippen LogP contribution in [-0.4, -0.2) is 49.3 Å². The average Bonchev–Trinajstić information content (AvgIpc) is 2.67. The topological polar surface area (TPSA) is 50.8 Å². The van der Waals surface area contributed by atoms with Gasteiger partial charge in [0.2, 0.25) is 0 Å². The van der Waals surface area contributed by atoms with Crippen LogP contribution in [0.15, 0.2) is 24.3 Å². The lowest BCUT2D eigenvalue weighted by Crippen LogP contribution is -2.42. The number of carbonyl (C=O) groups excluding carboxylic acids is 1. The van der Waals surface area contributed by atoms with Crippen LogP contribution in [0.5, 0.6) is 5.75 Å². The zero-order valence-electron chi connectivity index (χ0n) is 17.3. The van der Waals surface area contributed by atoms with Crippen LogP contribution in [0.3, 0.4) is 0 Å². The normalized spacial score (nSPS) is 17.3. The molecule has 0 spiro atoms. The number of hydrogen-bond acceptors (Lipinski definition) is 4. The Morgan fingerprint density at radius 1 is 1.15 bits per heavy atom. The Morgan fingerprint density at radius 3 is 2.48 bits per heavy atom. The minimum Gasteiger partial charge on any atom is -0.494 e. The van der Waals surface area contributed by atoms with Gasteiger partial charge in [-0.25, -0.2) is 0 Å². The van der Waals surface area contributed by atoms with E-state index < -0.39 is 5.60 Å². The van der Waals surface area contributed by atoms with Crippen LogP contribution in [0.25, 0.3) is 0 Å². The molecule has 0 radical (unpaired) electrons. The highest BCUT2D eigenvalue weighted by Crippen LogP contribution is 2.22. The Balaban J connectivity index is 1.76. The van der Waals surface area contributed by atoms with E-state index in [4.69, 9.17) is 9.47 Å². The molecule has 1 aromatic carbocycles.